The van der Waals surface area contributed by atoms with Crippen LogP contribution in [0.25, 0.3) is 11.1 Å². The molecule has 0 spiro atoms. The number of fused-ring (bicyclic) bond motifs is 1. The third kappa shape index (κ3) is 1.78. The predicted molar refractivity (Wildman–Crippen MR) is 57.0 cm³/mol. The highest BCUT2D eigenvalue weighted by molar-refractivity contribution is 5.93. The van der Waals surface area contributed by atoms with E-state index in [0.29, 0.717) is 23.7 Å². The van der Waals surface area contributed by atoms with E-state index in [1.807, 2.05) is 0 Å². The van der Waals surface area contributed by atoms with Crippen LogP contribution in [0.5, 0.6) is 0 Å². The minimum Gasteiger partial charge on any atom is -0.462 e. The number of carbonyl (C=O) groups is 1. The van der Waals surface area contributed by atoms with Gasteiger partial charge in [-0.05, 0) is 37.0 Å². The number of aromatic nitrogens is 1. The number of oxazole rings is 1. The Morgan fingerprint density at radius 2 is 2.38 bits per heavy atom. The molecule has 0 N–H and O–H groups in total. The van der Waals surface area contributed by atoms with Crippen LogP contribution in [0, 0.1) is 5.92 Å². The Bertz CT molecular complexity index is 528. The van der Waals surface area contributed by atoms with Crippen LogP contribution >= 0.6 is 0 Å². The van der Waals surface area contributed by atoms with Gasteiger partial charge in [-0.2, -0.15) is 0 Å². The lowest BCUT2D eigenvalue weighted by Gasteiger charge is -2.02. The van der Waals surface area contributed by atoms with Crippen LogP contribution in [0.1, 0.15) is 23.2 Å². The summed E-state index contributed by atoms with van der Waals surface area (Å²) in [7, 11) is 0. The first-order valence-corrected chi connectivity index (χ1v) is 5.33. The first kappa shape index (κ1) is 9.39. The number of nitrogens with zero attached hydrogens (tertiary/aromatic N) is 1. The van der Waals surface area contributed by atoms with Crippen LogP contribution < -0.4 is 0 Å². The lowest BCUT2D eigenvalue weighted by molar-refractivity contribution is 0.0486. The van der Waals surface area contributed by atoms with Crippen molar-refractivity contribution < 1.29 is 13.9 Å². The monoisotopic (exact) mass is 217 g/mol. The van der Waals surface area contributed by atoms with Gasteiger partial charge in [-0.15, -0.1) is 0 Å². The zero-order valence-corrected chi connectivity index (χ0v) is 8.68. The quantitative estimate of drug-likeness (QED) is 0.741. The van der Waals surface area contributed by atoms with E-state index in [1.165, 1.54) is 19.2 Å². The molecule has 3 rings (SSSR count). The number of hydrogen-bond donors (Lipinski definition) is 0. The topological polar surface area (TPSA) is 52.3 Å². The zero-order chi connectivity index (χ0) is 11.0. The number of esters is 1. The second-order valence-electron chi connectivity index (χ2n) is 4.08. The second kappa shape index (κ2) is 3.63. The van der Waals surface area contributed by atoms with Gasteiger partial charge >= 0.3 is 5.97 Å². The number of ether oxygens (including phenoxy) is 1. The van der Waals surface area contributed by atoms with E-state index in [1.54, 1.807) is 18.2 Å². The lowest BCUT2D eigenvalue weighted by Crippen LogP contribution is -2.07. The molecule has 0 radical (unpaired) electrons. The van der Waals surface area contributed by atoms with Crippen LogP contribution in [-0.4, -0.2) is 17.6 Å². The molecule has 1 aliphatic carbocycles. The van der Waals surface area contributed by atoms with E-state index < -0.39 is 0 Å². The fourth-order valence-electron chi connectivity index (χ4n) is 1.54. The third-order valence-electron chi connectivity index (χ3n) is 2.71. The van der Waals surface area contributed by atoms with Crippen molar-refractivity contribution in [1.82, 2.24) is 4.98 Å². The van der Waals surface area contributed by atoms with Gasteiger partial charge in [-0.3, -0.25) is 0 Å². The van der Waals surface area contributed by atoms with Crippen molar-refractivity contribution in [2.45, 2.75) is 12.8 Å². The summed E-state index contributed by atoms with van der Waals surface area (Å²) < 4.78 is 10.3. The Hall–Kier alpha value is -1.84. The highest BCUT2D eigenvalue weighted by Gasteiger charge is 2.23. The molecule has 1 heterocycles. The van der Waals surface area contributed by atoms with Crippen molar-refractivity contribution in [3.05, 3.63) is 30.2 Å². The predicted octanol–water partition coefficient (Wildman–Crippen LogP) is 2.39. The Morgan fingerprint density at radius 3 is 3.19 bits per heavy atom. The first-order valence-electron chi connectivity index (χ1n) is 5.33. The summed E-state index contributed by atoms with van der Waals surface area (Å²) in [5, 5.41) is 0. The molecule has 0 unspecified atom stereocenters. The number of hydrogen-bond acceptors (Lipinski definition) is 4. The van der Waals surface area contributed by atoms with E-state index >= 15 is 0 Å². The van der Waals surface area contributed by atoms with Gasteiger partial charge < -0.3 is 9.15 Å². The molecule has 82 valence electrons. The first-order chi connectivity index (χ1) is 7.83. The molecule has 1 saturated carbocycles. The molecule has 0 amide bonds. The molecule has 16 heavy (non-hydrogen) atoms. The second-order valence-corrected chi connectivity index (χ2v) is 4.08. The molecular weight excluding hydrogens is 206 g/mol. The van der Waals surface area contributed by atoms with Crippen molar-refractivity contribution in [2.75, 3.05) is 6.61 Å². The molecule has 1 aromatic heterocycles. The van der Waals surface area contributed by atoms with Crippen molar-refractivity contribution in [2.24, 2.45) is 5.92 Å². The Morgan fingerprint density at radius 1 is 1.50 bits per heavy atom. The Kier molecular flexibility index (Phi) is 2.13. The van der Waals surface area contributed by atoms with Crippen LogP contribution in [0.4, 0.5) is 0 Å². The van der Waals surface area contributed by atoms with Gasteiger partial charge in [0.1, 0.15) is 5.52 Å². The van der Waals surface area contributed by atoms with Gasteiger partial charge in [0, 0.05) is 0 Å². The minimum absolute atomic E-state index is 0.287. The molecule has 0 aliphatic heterocycles. The van der Waals surface area contributed by atoms with Crippen molar-refractivity contribution in [1.29, 1.82) is 0 Å². The molecule has 1 fully saturated rings. The number of benzene rings is 1. The maximum atomic E-state index is 11.7. The molecule has 0 atom stereocenters. The van der Waals surface area contributed by atoms with Crippen LogP contribution in [0.15, 0.2) is 29.0 Å². The summed E-state index contributed by atoms with van der Waals surface area (Å²) in [5.41, 5.74) is 1.88. The summed E-state index contributed by atoms with van der Waals surface area (Å²) in [6.07, 6.45) is 3.72. The van der Waals surface area contributed by atoms with Gasteiger partial charge in [-0.1, -0.05) is 0 Å². The maximum absolute atomic E-state index is 11.7. The summed E-state index contributed by atoms with van der Waals surface area (Å²) in [4.78, 5) is 15.6. The van der Waals surface area contributed by atoms with E-state index in [0.717, 1.165) is 5.52 Å². The smallest absolute Gasteiger partial charge is 0.338 e. The summed E-state index contributed by atoms with van der Waals surface area (Å²) in [6, 6.07) is 5.13. The summed E-state index contributed by atoms with van der Waals surface area (Å²) in [5.74, 6) is 0.295. The molecule has 2 aromatic rings. The van der Waals surface area contributed by atoms with Gasteiger partial charge in [-0.25, -0.2) is 9.78 Å². The summed E-state index contributed by atoms with van der Waals surface area (Å²) in [6.45, 7) is 0.535. The van der Waals surface area contributed by atoms with E-state index in [2.05, 4.69) is 4.98 Å². The summed E-state index contributed by atoms with van der Waals surface area (Å²) >= 11 is 0. The highest BCUT2D eigenvalue weighted by atomic mass is 16.5. The molecule has 0 bridgehead atoms. The van der Waals surface area contributed by atoms with Gasteiger partial charge in [0.2, 0.25) is 0 Å². The number of carbonyl (C=O) groups excluding carboxylic acids is 1. The fraction of sp³-hybridized carbons (Fsp3) is 0.333. The number of rotatable bonds is 3. The highest BCUT2D eigenvalue weighted by Crippen LogP contribution is 2.29. The van der Waals surface area contributed by atoms with Gasteiger partial charge in [0.15, 0.2) is 12.0 Å². The molecule has 4 heteroatoms. The van der Waals surface area contributed by atoms with Crippen molar-refractivity contribution in [3.8, 4) is 0 Å². The largest absolute Gasteiger partial charge is 0.462 e. The average Bonchev–Trinajstić information content (AvgIpc) is 3.01. The Balaban J connectivity index is 1.78. The van der Waals surface area contributed by atoms with Crippen LogP contribution in [0.2, 0.25) is 0 Å². The lowest BCUT2D eigenvalue weighted by atomic mass is 10.2. The average molecular weight is 217 g/mol. The van der Waals surface area contributed by atoms with E-state index in [9.17, 15) is 4.79 Å². The molecule has 1 aromatic carbocycles. The molecule has 1 aliphatic rings. The van der Waals surface area contributed by atoms with E-state index in [4.69, 9.17) is 9.15 Å². The normalized spacial score (nSPS) is 15.2. The van der Waals surface area contributed by atoms with E-state index in [-0.39, 0.29) is 5.97 Å². The zero-order valence-electron chi connectivity index (χ0n) is 8.68. The van der Waals surface area contributed by atoms with Gasteiger partial charge in [0.25, 0.3) is 0 Å². The minimum atomic E-state index is -0.287. The maximum Gasteiger partial charge on any atom is 0.338 e. The SMILES string of the molecule is O=C(OCC1CC1)c1ccc2ncoc2c1. The molecule has 0 saturated heterocycles. The Labute approximate surface area is 92.2 Å². The van der Waals surface area contributed by atoms with Gasteiger partial charge in [0.05, 0.1) is 12.2 Å². The molecular formula is C12H11NO3. The van der Waals surface area contributed by atoms with Crippen LogP contribution in [0.3, 0.4) is 0 Å². The standard InChI is InChI=1S/C12H11NO3/c14-12(15-6-8-1-2-8)9-3-4-10-11(5-9)16-7-13-10/h3-5,7-8H,1-2,6H2. The third-order valence-corrected chi connectivity index (χ3v) is 2.71. The van der Waals surface area contributed by atoms with Crippen molar-refractivity contribution >= 4 is 17.1 Å². The fourth-order valence-corrected chi connectivity index (χ4v) is 1.54. The van der Waals surface area contributed by atoms with Crippen LogP contribution in [-0.2, 0) is 4.74 Å². The van der Waals surface area contributed by atoms with Crippen molar-refractivity contribution in [3.63, 3.8) is 0 Å². The molecule has 4 nitrogen and oxygen atoms in total.